The van der Waals surface area contributed by atoms with Crippen LogP contribution in [0.25, 0.3) is 5.57 Å². The average molecular weight is 374 g/mol. The summed E-state index contributed by atoms with van der Waals surface area (Å²) >= 11 is 1.45. The quantitative estimate of drug-likeness (QED) is 0.670. The third kappa shape index (κ3) is 3.17. The zero-order chi connectivity index (χ0) is 19.0. The van der Waals surface area contributed by atoms with Gasteiger partial charge in [0.2, 0.25) is 0 Å². The zero-order valence-electron chi connectivity index (χ0n) is 15.0. The maximum Gasteiger partial charge on any atom is 0.282 e. The SMILES string of the molecule is Cc1cc(C)cc(N2C(=O)C(Nc3ccccc3)=C(c3cccs3)C2=O)c1. The molecule has 0 aliphatic carbocycles. The third-order valence-corrected chi connectivity index (χ3v) is 5.25. The number of anilines is 2. The summed E-state index contributed by atoms with van der Waals surface area (Å²) in [4.78, 5) is 28.5. The molecule has 0 spiro atoms. The lowest BCUT2D eigenvalue weighted by atomic mass is 10.1. The number of nitrogens with one attached hydrogen (secondary N) is 1. The van der Waals surface area contributed by atoms with Crippen molar-refractivity contribution < 1.29 is 9.59 Å². The third-order valence-electron chi connectivity index (χ3n) is 4.36. The Labute approximate surface area is 161 Å². The molecule has 0 radical (unpaired) electrons. The first-order chi connectivity index (χ1) is 13.0. The number of carbonyl (C=O) groups is 2. The molecular weight excluding hydrogens is 356 g/mol. The lowest BCUT2D eigenvalue weighted by Gasteiger charge is -2.17. The standard InChI is InChI=1S/C22H18N2O2S/c1-14-11-15(2)13-17(12-14)24-21(25)19(18-9-6-10-27-18)20(22(24)26)23-16-7-4-3-5-8-16/h3-13,23H,1-2H3. The van der Waals surface area contributed by atoms with Crippen molar-refractivity contribution in [1.29, 1.82) is 0 Å². The van der Waals surface area contributed by atoms with Gasteiger partial charge in [-0.3, -0.25) is 9.59 Å². The number of carbonyl (C=O) groups excluding carboxylic acids is 2. The summed E-state index contributed by atoms with van der Waals surface area (Å²) in [5.74, 6) is -0.636. The Kier molecular flexibility index (Phi) is 4.38. The molecule has 0 bridgehead atoms. The molecule has 2 heterocycles. The molecule has 1 aromatic heterocycles. The van der Waals surface area contributed by atoms with Crippen molar-refractivity contribution in [3.8, 4) is 0 Å². The molecule has 5 heteroatoms. The highest BCUT2D eigenvalue weighted by atomic mass is 32.1. The topological polar surface area (TPSA) is 49.4 Å². The summed E-state index contributed by atoms with van der Waals surface area (Å²) < 4.78 is 0. The molecule has 3 aromatic rings. The van der Waals surface area contributed by atoms with Crippen LogP contribution in [0.2, 0.25) is 0 Å². The number of thiophene rings is 1. The van der Waals surface area contributed by atoms with Crippen molar-refractivity contribution in [2.24, 2.45) is 0 Å². The van der Waals surface area contributed by atoms with Crippen LogP contribution >= 0.6 is 11.3 Å². The number of amides is 2. The fourth-order valence-corrected chi connectivity index (χ4v) is 4.04. The van der Waals surface area contributed by atoms with Crippen molar-refractivity contribution in [3.05, 3.63) is 87.7 Å². The molecule has 1 aliphatic heterocycles. The van der Waals surface area contributed by atoms with Crippen LogP contribution in [0.3, 0.4) is 0 Å². The van der Waals surface area contributed by atoms with Gasteiger partial charge < -0.3 is 5.32 Å². The van der Waals surface area contributed by atoms with E-state index in [1.54, 1.807) is 0 Å². The van der Waals surface area contributed by atoms with Crippen molar-refractivity contribution in [2.75, 3.05) is 10.2 Å². The van der Waals surface area contributed by atoms with Gasteiger partial charge >= 0.3 is 0 Å². The Morgan fingerprint density at radius 3 is 2.19 bits per heavy atom. The molecule has 4 rings (SSSR count). The molecular formula is C22H18N2O2S. The normalized spacial score (nSPS) is 14.2. The highest BCUT2D eigenvalue weighted by Crippen LogP contribution is 2.36. The summed E-state index contributed by atoms with van der Waals surface area (Å²) in [6, 6.07) is 18.9. The van der Waals surface area contributed by atoms with Gasteiger partial charge in [0, 0.05) is 10.6 Å². The number of rotatable bonds is 4. The van der Waals surface area contributed by atoms with E-state index < -0.39 is 0 Å². The number of hydrogen-bond donors (Lipinski definition) is 1. The Balaban J connectivity index is 1.82. The van der Waals surface area contributed by atoms with Crippen LogP contribution < -0.4 is 10.2 Å². The number of imide groups is 1. The molecule has 1 N–H and O–H groups in total. The van der Waals surface area contributed by atoms with Gasteiger partial charge in [0.15, 0.2) is 0 Å². The van der Waals surface area contributed by atoms with Gasteiger partial charge in [-0.15, -0.1) is 11.3 Å². The van der Waals surface area contributed by atoms with E-state index in [2.05, 4.69) is 5.32 Å². The fourth-order valence-electron chi connectivity index (χ4n) is 3.28. The largest absolute Gasteiger partial charge is 0.350 e. The number of hydrogen-bond acceptors (Lipinski definition) is 4. The van der Waals surface area contributed by atoms with Gasteiger partial charge in [-0.1, -0.05) is 30.3 Å². The molecule has 134 valence electrons. The van der Waals surface area contributed by atoms with Gasteiger partial charge in [-0.05, 0) is 60.7 Å². The molecule has 0 fully saturated rings. The van der Waals surface area contributed by atoms with Crippen LogP contribution in [0.4, 0.5) is 11.4 Å². The van der Waals surface area contributed by atoms with E-state index in [-0.39, 0.29) is 11.8 Å². The molecule has 0 saturated heterocycles. The molecule has 2 aromatic carbocycles. The van der Waals surface area contributed by atoms with Crippen molar-refractivity contribution >= 4 is 40.1 Å². The van der Waals surface area contributed by atoms with Crippen molar-refractivity contribution in [1.82, 2.24) is 0 Å². The number of para-hydroxylation sites is 1. The lowest BCUT2D eigenvalue weighted by molar-refractivity contribution is -0.120. The molecule has 27 heavy (non-hydrogen) atoms. The second kappa shape index (κ2) is 6.85. The van der Waals surface area contributed by atoms with Crippen LogP contribution in [0.15, 0.2) is 71.7 Å². The maximum absolute atomic E-state index is 13.3. The summed E-state index contributed by atoms with van der Waals surface area (Å²) in [6.45, 7) is 3.91. The number of benzene rings is 2. The van der Waals surface area contributed by atoms with E-state index in [0.29, 0.717) is 17.0 Å². The van der Waals surface area contributed by atoms with E-state index in [1.807, 2.05) is 79.9 Å². The van der Waals surface area contributed by atoms with Crippen LogP contribution in [0, 0.1) is 13.8 Å². The first-order valence-corrected chi connectivity index (χ1v) is 9.50. The highest BCUT2D eigenvalue weighted by molar-refractivity contribution is 7.11. The maximum atomic E-state index is 13.3. The van der Waals surface area contributed by atoms with Crippen molar-refractivity contribution in [3.63, 3.8) is 0 Å². The molecule has 1 aliphatic rings. The van der Waals surface area contributed by atoms with Gasteiger partial charge in [-0.25, -0.2) is 4.90 Å². The van der Waals surface area contributed by atoms with E-state index in [9.17, 15) is 9.59 Å². The first-order valence-electron chi connectivity index (χ1n) is 8.62. The minimum absolute atomic E-state index is 0.300. The number of nitrogens with zero attached hydrogens (tertiary/aromatic N) is 1. The minimum atomic E-state index is -0.336. The summed E-state index contributed by atoms with van der Waals surface area (Å²) in [5, 5.41) is 5.07. The van der Waals surface area contributed by atoms with Crippen LogP contribution in [-0.4, -0.2) is 11.8 Å². The van der Waals surface area contributed by atoms with E-state index in [0.717, 1.165) is 21.7 Å². The minimum Gasteiger partial charge on any atom is -0.350 e. The molecule has 4 nitrogen and oxygen atoms in total. The van der Waals surface area contributed by atoms with Gasteiger partial charge in [0.25, 0.3) is 11.8 Å². The van der Waals surface area contributed by atoms with E-state index >= 15 is 0 Å². The average Bonchev–Trinajstić information content (AvgIpc) is 3.22. The van der Waals surface area contributed by atoms with Gasteiger partial charge in [0.1, 0.15) is 5.70 Å². The Morgan fingerprint density at radius 1 is 0.852 bits per heavy atom. The van der Waals surface area contributed by atoms with Crippen LogP contribution in [0.1, 0.15) is 16.0 Å². The van der Waals surface area contributed by atoms with Crippen molar-refractivity contribution in [2.45, 2.75) is 13.8 Å². The number of aryl methyl sites for hydroxylation is 2. The molecule has 0 saturated carbocycles. The monoisotopic (exact) mass is 374 g/mol. The van der Waals surface area contributed by atoms with Crippen LogP contribution in [-0.2, 0) is 9.59 Å². The lowest BCUT2D eigenvalue weighted by Crippen LogP contribution is -2.32. The first kappa shape index (κ1) is 17.2. The highest BCUT2D eigenvalue weighted by Gasteiger charge is 2.40. The summed E-state index contributed by atoms with van der Waals surface area (Å²) in [7, 11) is 0. The molecule has 0 atom stereocenters. The fraction of sp³-hybridized carbons (Fsp3) is 0.0909. The predicted octanol–water partition coefficient (Wildman–Crippen LogP) is 4.76. The second-order valence-electron chi connectivity index (χ2n) is 6.51. The Morgan fingerprint density at radius 2 is 1.56 bits per heavy atom. The zero-order valence-corrected chi connectivity index (χ0v) is 15.8. The molecule has 2 amide bonds. The second-order valence-corrected chi connectivity index (χ2v) is 7.46. The smallest absolute Gasteiger partial charge is 0.282 e. The van der Waals surface area contributed by atoms with Gasteiger partial charge in [-0.2, -0.15) is 0 Å². The van der Waals surface area contributed by atoms with E-state index in [4.69, 9.17) is 0 Å². The molecule has 0 unspecified atom stereocenters. The van der Waals surface area contributed by atoms with Gasteiger partial charge in [0.05, 0.1) is 11.3 Å². The summed E-state index contributed by atoms with van der Waals surface area (Å²) in [5.41, 5.74) is 4.11. The van der Waals surface area contributed by atoms with Crippen LogP contribution in [0.5, 0.6) is 0 Å². The predicted molar refractivity (Wildman–Crippen MR) is 110 cm³/mol. The Hall–Kier alpha value is -3.18. The summed E-state index contributed by atoms with van der Waals surface area (Å²) in [6.07, 6.45) is 0. The van der Waals surface area contributed by atoms with E-state index in [1.165, 1.54) is 16.2 Å². The Bertz CT molecular complexity index is 1030.